The van der Waals surface area contributed by atoms with E-state index in [2.05, 4.69) is 62.9 Å². The molecule has 4 saturated carbocycles. The van der Waals surface area contributed by atoms with Gasteiger partial charge in [0.2, 0.25) is 0 Å². The Morgan fingerprint density at radius 3 is 1.60 bits per heavy atom. The van der Waals surface area contributed by atoms with Crippen LogP contribution in [0.3, 0.4) is 0 Å². The summed E-state index contributed by atoms with van der Waals surface area (Å²) in [6.07, 6.45) is 16.0. The van der Waals surface area contributed by atoms with Crippen molar-refractivity contribution in [2.45, 2.75) is 101 Å². The van der Waals surface area contributed by atoms with Crippen molar-refractivity contribution >= 4 is 17.2 Å². The Labute approximate surface area is 285 Å². The third-order valence-corrected chi connectivity index (χ3v) is 15.2. The molecular weight excluding hydrogens is 630 g/mol. The molecule has 246 valence electrons. The Bertz CT molecular complexity index is 1400. The Balaban J connectivity index is 0.000000609. The minimum absolute atomic E-state index is 0. The summed E-state index contributed by atoms with van der Waals surface area (Å²) in [6, 6.07) is 18.7. The van der Waals surface area contributed by atoms with E-state index in [-0.39, 0.29) is 30.4 Å². The summed E-state index contributed by atoms with van der Waals surface area (Å²) in [4.78, 5) is 19.1. The van der Waals surface area contributed by atoms with Gasteiger partial charge in [0, 0.05) is 41.9 Å². The van der Waals surface area contributed by atoms with Crippen LogP contribution in [0.15, 0.2) is 79.4 Å². The first-order chi connectivity index (χ1) is 20.9. The maximum Gasteiger partial charge on any atom is 0.147 e. The fraction of sp³-hybridized carbons (Fsp3) is 0.526. The predicted molar refractivity (Wildman–Crippen MR) is 188 cm³/mol. The Kier molecular flexibility index (Phi) is 10.6. The van der Waals surface area contributed by atoms with Crippen LogP contribution in [0.2, 0.25) is 0 Å². The van der Waals surface area contributed by atoms with Gasteiger partial charge in [-0.3, -0.25) is 0 Å². The van der Waals surface area contributed by atoms with E-state index < -0.39 is 5.16 Å². The van der Waals surface area contributed by atoms with Gasteiger partial charge in [-0.2, -0.15) is 11.6 Å². The fourth-order valence-corrected chi connectivity index (χ4v) is 12.8. The van der Waals surface area contributed by atoms with Crippen LogP contribution in [0.25, 0.3) is 0 Å². The van der Waals surface area contributed by atoms with Gasteiger partial charge in [-0.15, -0.1) is 28.3 Å². The van der Waals surface area contributed by atoms with Gasteiger partial charge < -0.3 is 30.3 Å². The van der Waals surface area contributed by atoms with Gasteiger partial charge >= 0.3 is 0 Å². The van der Waals surface area contributed by atoms with E-state index in [0.717, 1.165) is 47.1 Å². The fourth-order valence-electron chi connectivity index (χ4n) is 8.53. The number of aromatic nitrogens is 4. The minimum atomic E-state index is -0.704. The molecule has 4 aliphatic rings. The Morgan fingerprint density at radius 1 is 0.756 bits per heavy atom. The van der Waals surface area contributed by atoms with Gasteiger partial charge in [-0.1, -0.05) is 53.1 Å². The molecule has 2 aromatic carbocycles. The molecule has 4 nitrogen and oxygen atoms in total. The molecule has 7 heteroatoms. The first-order valence-electron chi connectivity index (χ1n) is 16.5. The van der Waals surface area contributed by atoms with Gasteiger partial charge in [0.05, 0.1) is 0 Å². The van der Waals surface area contributed by atoms with Crippen LogP contribution < -0.4 is 0 Å². The topological polar surface area (TPSA) is 51.6 Å². The van der Waals surface area contributed by atoms with Crippen LogP contribution in [-0.2, 0) is 33.8 Å². The Hall–Kier alpha value is -1.76. The number of nitrogens with zero attached hydrogens (tertiary/aromatic N) is 4. The maximum absolute atomic E-state index is 4.79. The van der Waals surface area contributed by atoms with Gasteiger partial charge in [0.15, 0.2) is 0 Å². The quantitative estimate of drug-likeness (QED) is 0.116. The molecule has 2 aromatic heterocycles. The molecule has 4 fully saturated rings. The summed E-state index contributed by atoms with van der Waals surface area (Å²) in [5.41, 5.74) is 5.01. The molecule has 8 rings (SSSR count). The van der Waals surface area contributed by atoms with Crippen molar-refractivity contribution in [2.75, 3.05) is 0 Å². The molecule has 0 N–H and O–H groups in total. The van der Waals surface area contributed by atoms with E-state index in [1.54, 1.807) is 0 Å². The first kappa shape index (κ1) is 34.6. The predicted octanol–water partition coefficient (Wildman–Crippen LogP) is 9.46. The largest absolute Gasteiger partial charge is 0.748 e. The van der Waals surface area contributed by atoms with Crippen molar-refractivity contribution in [3.05, 3.63) is 108 Å². The number of hydrogen-bond donors (Lipinski definition) is 0. The number of hydrogen-bond acceptors (Lipinski definition) is 4. The zero-order valence-corrected chi connectivity index (χ0v) is 31.0. The average Bonchev–Trinajstić information content (AvgIpc) is 3.70. The molecule has 4 aliphatic carbocycles. The van der Waals surface area contributed by atoms with E-state index in [9.17, 15) is 0 Å². The molecular formula is C38H50FeN4P2-6. The minimum Gasteiger partial charge on any atom is -0.748 e. The number of rotatable bonds is 6. The molecule has 2 heterocycles. The molecule has 0 saturated heterocycles. The zero-order chi connectivity index (χ0) is 31.1. The second kappa shape index (κ2) is 13.8. The summed E-state index contributed by atoms with van der Waals surface area (Å²) >= 11 is 0. The van der Waals surface area contributed by atoms with Gasteiger partial charge in [0.25, 0.3) is 0 Å². The van der Waals surface area contributed by atoms with Gasteiger partial charge in [-0.25, -0.2) is 26.0 Å². The van der Waals surface area contributed by atoms with Crippen molar-refractivity contribution in [3.8, 4) is 0 Å². The van der Waals surface area contributed by atoms with E-state index in [4.69, 9.17) is 19.9 Å². The molecule has 0 amide bonds. The molecule has 2 unspecified atom stereocenters. The van der Waals surface area contributed by atoms with E-state index in [0.29, 0.717) is 5.16 Å². The first-order valence-corrected chi connectivity index (χ1v) is 18.7. The van der Waals surface area contributed by atoms with Crippen molar-refractivity contribution in [3.63, 3.8) is 0 Å². The third-order valence-electron chi connectivity index (χ3n) is 10.4. The van der Waals surface area contributed by atoms with Crippen LogP contribution >= 0.6 is 17.2 Å². The van der Waals surface area contributed by atoms with Crippen LogP contribution in [0.5, 0.6) is 0 Å². The van der Waals surface area contributed by atoms with Crippen molar-refractivity contribution in [1.82, 2.24) is 19.9 Å². The summed E-state index contributed by atoms with van der Waals surface area (Å²) in [5, 5.41) is -0.411. The smallest absolute Gasteiger partial charge is 0.147 e. The van der Waals surface area contributed by atoms with Crippen LogP contribution in [0.1, 0.15) is 102 Å². The van der Waals surface area contributed by atoms with E-state index in [1.165, 1.54) is 48.8 Å². The summed E-state index contributed by atoms with van der Waals surface area (Å²) in [6.45, 7) is 14.5. The second-order valence-electron chi connectivity index (χ2n) is 15.6. The molecule has 2 atom stereocenters. The molecule has 4 bridgehead atoms. The summed E-state index contributed by atoms with van der Waals surface area (Å²) in [5.74, 6) is 5.36. The Morgan fingerprint density at radius 2 is 1.20 bits per heavy atom. The van der Waals surface area contributed by atoms with Crippen LogP contribution in [-0.4, -0.2) is 30.8 Å². The SMILES string of the molecule is CC(C)(C)c1cc(C(P)(c2ncccn2)c2ncccn2)[c-](CP(C2C3CC4CC(C3)CC2C4)C(C)(C)C)c1.[Fe].[cH-]1[cH-][cH-][cH-][cH-]1. The maximum atomic E-state index is 4.79. The van der Waals surface area contributed by atoms with E-state index in [1.807, 2.05) is 67.3 Å². The molecule has 0 radical (unpaired) electrons. The molecule has 4 aromatic rings. The van der Waals surface area contributed by atoms with Crippen LogP contribution in [0.4, 0.5) is 0 Å². The second-order valence-corrected chi connectivity index (χ2v) is 19.6. The van der Waals surface area contributed by atoms with Crippen molar-refractivity contribution < 1.29 is 17.1 Å². The standard InChI is InChI=1S/C33H45N4P2.C5H5.Fe/c1-31(2,3)26-18-25(20-39(32(4,5)6)28-23-14-21-13-22(16-23)17-24(28)15-21)27(19-26)33(38,29-34-9-7-10-35-29)30-36-11-8-12-37-30;1-2-4-5-3-1;/h7-12,18-19,21-24,28H,13-17,20,38H2,1-6H3;1-5H;/q-1;-5;. The molecule has 0 aliphatic heterocycles. The molecule has 0 spiro atoms. The normalized spacial score (nSPS) is 24.8. The monoisotopic (exact) mass is 680 g/mol. The van der Waals surface area contributed by atoms with Gasteiger partial charge in [0.1, 0.15) is 16.8 Å². The van der Waals surface area contributed by atoms with Crippen molar-refractivity contribution in [1.29, 1.82) is 0 Å². The average molecular weight is 681 g/mol. The summed E-state index contributed by atoms with van der Waals surface area (Å²) in [7, 11) is 2.87. The zero-order valence-electron chi connectivity index (χ0n) is 27.8. The van der Waals surface area contributed by atoms with Crippen LogP contribution in [0, 0.1) is 23.7 Å². The van der Waals surface area contributed by atoms with Crippen molar-refractivity contribution in [2.24, 2.45) is 23.7 Å². The van der Waals surface area contributed by atoms with E-state index >= 15 is 0 Å². The van der Waals surface area contributed by atoms with Gasteiger partial charge in [-0.05, 0) is 78.7 Å². The third kappa shape index (κ3) is 7.23. The summed E-state index contributed by atoms with van der Waals surface area (Å²) < 4.78 is 0. The molecule has 45 heavy (non-hydrogen) atoms.